The Bertz CT molecular complexity index is 504. The van der Waals surface area contributed by atoms with E-state index in [9.17, 15) is 0 Å². The predicted molar refractivity (Wildman–Crippen MR) is 109 cm³/mol. The maximum atomic E-state index is 5.56. The Kier molecular flexibility index (Phi) is 14.9. The highest BCUT2D eigenvalue weighted by Crippen LogP contribution is 2.20. The zero-order chi connectivity index (χ0) is 18.9. The Labute approximate surface area is 154 Å². The molecule has 0 aliphatic carbocycles. The second-order valence-electron chi connectivity index (χ2n) is 5.45. The summed E-state index contributed by atoms with van der Waals surface area (Å²) in [7, 11) is 0. The summed E-state index contributed by atoms with van der Waals surface area (Å²) >= 11 is 0. The molecular formula is C22H36O3. The van der Waals surface area contributed by atoms with Gasteiger partial charge in [-0.25, -0.2) is 0 Å². The molecule has 1 aromatic carbocycles. The minimum Gasteiger partial charge on any atom is -0.498 e. The largest absolute Gasteiger partial charge is 0.498 e. The average Bonchev–Trinajstić information content (AvgIpc) is 2.67. The van der Waals surface area contributed by atoms with E-state index >= 15 is 0 Å². The summed E-state index contributed by atoms with van der Waals surface area (Å²) in [4.78, 5) is 0. The molecule has 0 amide bonds. The second kappa shape index (κ2) is 15.9. The number of hydrogen-bond acceptors (Lipinski definition) is 3. The van der Waals surface area contributed by atoms with E-state index in [1.165, 1.54) is 16.7 Å². The van der Waals surface area contributed by atoms with Crippen molar-refractivity contribution in [1.29, 1.82) is 0 Å². The number of hydrogen-bond donors (Lipinski definition) is 0. The molecule has 0 radical (unpaired) electrons. The predicted octanol–water partition coefficient (Wildman–Crippen LogP) is 5.96. The monoisotopic (exact) mass is 348 g/mol. The van der Waals surface area contributed by atoms with Gasteiger partial charge in [-0.2, -0.15) is 0 Å². The lowest BCUT2D eigenvalue weighted by Crippen LogP contribution is -2.08. The van der Waals surface area contributed by atoms with Crippen molar-refractivity contribution in [3.05, 3.63) is 47.7 Å². The molecule has 0 saturated heterocycles. The molecule has 0 saturated carbocycles. The molecule has 0 heterocycles. The Balaban J connectivity index is 0.00000277. The minimum atomic E-state index is 0.554. The maximum absolute atomic E-state index is 5.56. The first kappa shape index (κ1) is 23.4. The van der Waals surface area contributed by atoms with E-state index in [2.05, 4.69) is 58.0 Å². The molecule has 0 atom stereocenters. The molecule has 0 fully saturated rings. The normalized spacial score (nSPS) is 11.8. The van der Waals surface area contributed by atoms with E-state index < -0.39 is 0 Å². The lowest BCUT2D eigenvalue weighted by atomic mass is 10.0. The van der Waals surface area contributed by atoms with Crippen LogP contribution in [0.2, 0.25) is 0 Å². The van der Waals surface area contributed by atoms with Gasteiger partial charge in [0, 0.05) is 6.61 Å². The summed E-state index contributed by atoms with van der Waals surface area (Å²) in [5.74, 6) is 0. The molecule has 25 heavy (non-hydrogen) atoms. The van der Waals surface area contributed by atoms with Crippen molar-refractivity contribution >= 4 is 11.1 Å². The van der Waals surface area contributed by atoms with E-state index in [0.717, 1.165) is 18.6 Å². The van der Waals surface area contributed by atoms with Gasteiger partial charge < -0.3 is 14.2 Å². The fraction of sp³-hybridized carbons (Fsp3) is 0.545. The molecule has 0 spiro atoms. The quantitative estimate of drug-likeness (QED) is 0.365. The third-order valence-corrected chi connectivity index (χ3v) is 3.53. The first-order chi connectivity index (χ1) is 12.2. The third kappa shape index (κ3) is 10.8. The molecule has 0 aliphatic rings. The molecule has 1 rings (SSSR count). The van der Waals surface area contributed by atoms with Crippen molar-refractivity contribution in [2.45, 2.75) is 48.0 Å². The van der Waals surface area contributed by atoms with Gasteiger partial charge in [0.2, 0.25) is 0 Å². The van der Waals surface area contributed by atoms with Crippen molar-refractivity contribution in [3.8, 4) is 0 Å². The molecule has 0 N–H and O–H groups in total. The van der Waals surface area contributed by atoms with Crippen molar-refractivity contribution in [3.63, 3.8) is 0 Å². The summed E-state index contributed by atoms with van der Waals surface area (Å²) in [6.07, 6.45) is 4.97. The van der Waals surface area contributed by atoms with Gasteiger partial charge in [0.05, 0.1) is 26.1 Å². The topological polar surface area (TPSA) is 27.7 Å². The second-order valence-corrected chi connectivity index (χ2v) is 5.45. The molecule has 142 valence electrons. The van der Waals surface area contributed by atoms with Crippen LogP contribution in [0.25, 0.3) is 11.1 Å². The molecule has 0 bridgehead atoms. The number of rotatable bonds is 11. The van der Waals surface area contributed by atoms with Gasteiger partial charge in [-0.15, -0.1) is 0 Å². The standard InChI is InChI=1S/C20H30O3.C2H6/c1-5-10-21-11-12-22-13-14-23-16-18(4)20-9-7-8-19(15-20)17(3)6-2;1-2/h6-9,15-16H,5,10-14H2,1-4H3;1-2H3/b17-6+,18-16+;. The van der Waals surface area contributed by atoms with Gasteiger partial charge in [0.1, 0.15) is 6.61 Å². The van der Waals surface area contributed by atoms with Gasteiger partial charge >= 0.3 is 0 Å². The Morgan fingerprint density at radius 1 is 0.880 bits per heavy atom. The van der Waals surface area contributed by atoms with E-state index in [0.29, 0.717) is 26.4 Å². The highest BCUT2D eigenvalue weighted by Gasteiger charge is 2.00. The van der Waals surface area contributed by atoms with Crippen LogP contribution < -0.4 is 0 Å². The summed E-state index contributed by atoms with van der Waals surface area (Å²) in [5.41, 5.74) is 4.81. The van der Waals surface area contributed by atoms with Crippen molar-refractivity contribution < 1.29 is 14.2 Å². The lowest BCUT2D eigenvalue weighted by molar-refractivity contribution is 0.0309. The fourth-order valence-electron chi connectivity index (χ4n) is 2.00. The zero-order valence-electron chi connectivity index (χ0n) is 16.9. The average molecular weight is 349 g/mol. The van der Waals surface area contributed by atoms with Crippen LogP contribution in [0, 0.1) is 0 Å². The Morgan fingerprint density at radius 2 is 1.44 bits per heavy atom. The van der Waals surface area contributed by atoms with Crippen LogP contribution in [0.15, 0.2) is 36.6 Å². The van der Waals surface area contributed by atoms with Gasteiger partial charge in [-0.1, -0.05) is 45.0 Å². The van der Waals surface area contributed by atoms with Crippen molar-refractivity contribution in [2.24, 2.45) is 0 Å². The molecule has 1 aromatic rings. The van der Waals surface area contributed by atoms with Crippen LogP contribution in [0.1, 0.15) is 59.1 Å². The zero-order valence-corrected chi connectivity index (χ0v) is 16.9. The van der Waals surface area contributed by atoms with Crippen molar-refractivity contribution in [2.75, 3.05) is 33.0 Å². The Hall–Kier alpha value is -1.58. The van der Waals surface area contributed by atoms with Gasteiger partial charge in [-0.3, -0.25) is 0 Å². The van der Waals surface area contributed by atoms with E-state index in [1.807, 2.05) is 13.8 Å². The maximum Gasteiger partial charge on any atom is 0.111 e. The van der Waals surface area contributed by atoms with Gasteiger partial charge in [-0.05, 0) is 55.5 Å². The van der Waals surface area contributed by atoms with Crippen LogP contribution >= 0.6 is 0 Å². The van der Waals surface area contributed by atoms with Crippen molar-refractivity contribution in [1.82, 2.24) is 0 Å². The summed E-state index contributed by atoms with van der Waals surface area (Å²) in [6.45, 7) is 15.5. The molecule has 0 aromatic heterocycles. The highest BCUT2D eigenvalue weighted by molar-refractivity contribution is 5.70. The molecule has 3 nitrogen and oxygen atoms in total. The lowest BCUT2D eigenvalue weighted by Gasteiger charge is -2.08. The van der Waals surface area contributed by atoms with Crippen LogP contribution in [0.4, 0.5) is 0 Å². The molecule has 0 aliphatic heterocycles. The minimum absolute atomic E-state index is 0.554. The first-order valence-electron chi connectivity index (χ1n) is 9.36. The molecule has 3 heteroatoms. The van der Waals surface area contributed by atoms with Gasteiger partial charge in [0.15, 0.2) is 0 Å². The SMILES string of the molecule is C/C=C(\C)c1cccc(/C(C)=C/OCCOCCOCCC)c1.CC. The summed E-state index contributed by atoms with van der Waals surface area (Å²) in [6, 6.07) is 8.49. The van der Waals surface area contributed by atoms with Crippen LogP contribution in [0.5, 0.6) is 0 Å². The van der Waals surface area contributed by atoms with E-state index in [-0.39, 0.29) is 0 Å². The molecular weight excluding hydrogens is 312 g/mol. The number of ether oxygens (including phenoxy) is 3. The fourth-order valence-corrected chi connectivity index (χ4v) is 2.00. The smallest absolute Gasteiger partial charge is 0.111 e. The number of benzene rings is 1. The highest BCUT2D eigenvalue weighted by atomic mass is 16.5. The summed E-state index contributed by atoms with van der Waals surface area (Å²) in [5, 5.41) is 0. The Morgan fingerprint density at radius 3 is 2.04 bits per heavy atom. The first-order valence-corrected chi connectivity index (χ1v) is 9.36. The molecule has 0 unspecified atom stereocenters. The summed E-state index contributed by atoms with van der Waals surface area (Å²) < 4.78 is 16.4. The third-order valence-electron chi connectivity index (χ3n) is 3.53. The van der Waals surface area contributed by atoms with Gasteiger partial charge in [0.25, 0.3) is 0 Å². The van der Waals surface area contributed by atoms with Crippen LogP contribution in [-0.4, -0.2) is 33.0 Å². The van der Waals surface area contributed by atoms with E-state index in [4.69, 9.17) is 14.2 Å². The number of allylic oxidation sites excluding steroid dienone is 3. The van der Waals surface area contributed by atoms with Crippen LogP contribution in [-0.2, 0) is 14.2 Å². The van der Waals surface area contributed by atoms with Crippen LogP contribution in [0.3, 0.4) is 0 Å². The van der Waals surface area contributed by atoms with E-state index in [1.54, 1.807) is 6.26 Å².